The van der Waals surface area contributed by atoms with Crippen molar-refractivity contribution < 1.29 is 0 Å². The van der Waals surface area contributed by atoms with Crippen molar-refractivity contribution in [3.63, 3.8) is 0 Å². The Morgan fingerprint density at radius 1 is 0.684 bits per heavy atom. The predicted octanol–water partition coefficient (Wildman–Crippen LogP) is 2.52. The van der Waals surface area contributed by atoms with E-state index in [1.807, 2.05) is 6.20 Å². The van der Waals surface area contributed by atoms with Crippen LogP contribution < -0.4 is 15.8 Å². The van der Waals surface area contributed by atoms with E-state index in [1.54, 1.807) is 0 Å². The van der Waals surface area contributed by atoms with Crippen LogP contribution in [-0.2, 0) is 0 Å². The molecule has 0 bridgehead atoms. The standard InChI is InChI=1S/C18H13N/c1-2-4-13-6-9-17-16(15(13)5-3-1)8-7-14-10-11-19-12-18(14)17/h1-12,19H. The zero-order chi connectivity index (χ0) is 12.7. The molecule has 1 nitrogen and oxygen atoms in total. The van der Waals surface area contributed by atoms with Gasteiger partial charge < -0.3 is 5.32 Å². The highest BCUT2D eigenvalue weighted by Gasteiger charge is 2.05. The van der Waals surface area contributed by atoms with Gasteiger partial charge in [0.15, 0.2) is 0 Å². The maximum atomic E-state index is 3.18. The van der Waals surface area contributed by atoms with Crippen molar-refractivity contribution in [2.45, 2.75) is 0 Å². The fraction of sp³-hybridized carbons (Fsp3) is 0. The summed E-state index contributed by atoms with van der Waals surface area (Å²) in [6.45, 7) is 0. The molecule has 0 aromatic heterocycles. The van der Waals surface area contributed by atoms with E-state index in [9.17, 15) is 0 Å². The first-order chi connectivity index (χ1) is 9.43. The average Bonchev–Trinajstić information content (AvgIpc) is 2.72. The summed E-state index contributed by atoms with van der Waals surface area (Å²) in [6, 6.07) is 8.83. The number of hydrogen-bond acceptors (Lipinski definition) is 1. The van der Waals surface area contributed by atoms with Crippen LogP contribution in [0.1, 0.15) is 11.1 Å². The molecule has 1 aliphatic heterocycles. The second kappa shape index (κ2) is 3.99. The lowest BCUT2D eigenvalue weighted by atomic mass is 9.98. The van der Waals surface area contributed by atoms with E-state index in [2.05, 4.69) is 72.2 Å². The monoisotopic (exact) mass is 243 g/mol. The Morgan fingerprint density at radius 2 is 1.47 bits per heavy atom. The zero-order valence-electron chi connectivity index (χ0n) is 10.4. The highest BCUT2D eigenvalue weighted by Crippen LogP contribution is 2.13. The molecule has 0 atom stereocenters. The summed E-state index contributed by atoms with van der Waals surface area (Å²) in [5.74, 6) is 0. The van der Waals surface area contributed by atoms with Crippen LogP contribution >= 0.6 is 0 Å². The fourth-order valence-corrected chi connectivity index (χ4v) is 2.77. The maximum Gasteiger partial charge on any atom is 0.00899 e. The van der Waals surface area contributed by atoms with Gasteiger partial charge in [0.2, 0.25) is 0 Å². The van der Waals surface area contributed by atoms with Crippen LogP contribution in [0.4, 0.5) is 0 Å². The quantitative estimate of drug-likeness (QED) is 0.749. The van der Waals surface area contributed by atoms with Crippen LogP contribution in [0, 0.1) is 0 Å². The highest BCUT2D eigenvalue weighted by atomic mass is 14.8. The van der Waals surface area contributed by atoms with Crippen LogP contribution in [-0.4, -0.2) is 0 Å². The molecule has 19 heavy (non-hydrogen) atoms. The molecule has 0 saturated heterocycles. The molecule has 1 heterocycles. The Bertz CT molecular complexity index is 880. The van der Waals surface area contributed by atoms with E-state index < -0.39 is 0 Å². The van der Waals surface area contributed by atoms with Gasteiger partial charge in [-0.05, 0) is 33.2 Å². The summed E-state index contributed by atoms with van der Waals surface area (Å²) in [5.41, 5.74) is 2.54. The van der Waals surface area contributed by atoms with Crippen LogP contribution in [0.25, 0.3) is 35.2 Å². The largest absolute Gasteiger partial charge is 0.367 e. The lowest BCUT2D eigenvalue weighted by molar-refractivity contribution is 1.27. The van der Waals surface area contributed by atoms with Crippen molar-refractivity contribution in [3.8, 4) is 0 Å². The van der Waals surface area contributed by atoms with Crippen molar-refractivity contribution in [1.29, 1.82) is 0 Å². The predicted molar refractivity (Wildman–Crippen MR) is 82.5 cm³/mol. The number of hydrogen-bond donors (Lipinski definition) is 1. The molecule has 0 saturated carbocycles. The number of benzene rings is 2. The van der Waals surface area contributed by atoms with Crippen LogP contribution in [0.3, 0.4) is 0 Å². The Kier molecular flexibility index (Phi) is 2.18. The summed E-state index contributed by atoms with van der Waals surface area (Å²) < 4.78 is 0. The lowest BCUT2D eigenvalue weighted by Gasteiger charge is -2.09. The third-order valence-electron chi connectivity index (χ3n) is 3.70. The molecule has 2 aromatic carbocycles. The molecule has 1 heteroatoms. The first-order valence-electron chi connectivity index (χ1n) is 6.47. The lowest BCUT2D eigenvalue weighted by Crippen LogP contribution is -2.18. The van der Waals surface area contributed by atoms with E-state index >= 15 is 0 Å². The maximum absolute atomic E-state index is 3.18. The minimum atomic E-state index is 1.27. The van der Waals surface area contributed by atoms with E-state index in [0.717, 1.165) is 0 Å². The Hall–Kier alpha value is -2.54. The summed E-state index contributed by atoms with van der Waals surface area (Å²) in [7, 11) is 0. The van der Waals surface area contributed by atoms with Crippen molar-refractivity contribution >= 4 is 35.2 Å². The van der Waals surface area contributed by atoms with Gasteiger partial charge in [-0.2, -0.15) is 0 Å². The van der Waals surface area contributed by atoms with E-state index in [0.29, 0.717) is 0 Å². The fourth-order valence-electron chi connectivity index (χ4n) is 2.77. The van der Waals surface area contributed by atoms with Gasteiger partial charge in [-0.1, -0.05) is 54.6 Å². The second-order valence-corrected chi connectivity index (χ2v) is 4.79. The first-order valence-corrected chi connectivity index (χ1v) is 6.47. The van der Waals surface area contributed by atoms with Crippen LogP contribution in [0.5, 0.6) is 0 Å². The van der Waals surface area contributed by atoms with E-state index in [1.165, 1.54) is 32.3 Å². The van der Waals surface area contributed by atoms with Crippen molar-refractivity contribution in [1.82, 2.24) is 5.32 Å². The number of fused-ring (bicyclic) bond motifs is 5. The Labute approximate surface area is 111 Å². The van der Waals surface area contributed by atoms with Crippen LogP contribution in [0.2, 0.25) is 0 Å². The summed E-state index contributed by atoms with van der Waals surface area (Å²) in [4.78, 5) is 0. The molecule has 4 rings (SSSR count). The van der Waals surface area contributed by atoms with Crippen LogP contribution in [0.15, 0.2) is 48.7 Å². The first kappa shape index (κ1) is 10.4. The van der Waals surface area contributed by atoms with Gasteiger partial charge in [0.25, 0.3) is 0 Å². The second-order valence-electron chi connectivity index (χ2n) is 4.79. The third kappa shape index (κ3) is 1.55. The summed E-state index contributed by atoms with van der Waals surface area (Å²) in [6.07, 6.45) is 16.8. The third-order valence-corrected chi connectivity index (χ3v) is 3.70. The molecule has 0 amide bonds. The molecule has 2 aliphatic rings. The van der Waals surface area contributed by atoms with Crippen molar-refractivity contribution in [2.24, 2.45) is 0 Å². The van der Waals surface area contributed by atoms with E-state index in [4.69, 9.17) is 0 Å². The smallest absolute Gasteiger partial charge is 0.00899 e. The molecule has 0 fully saturated rings. The normalized spacial score (nSPS) is 14.9. The SMILES string of the molecule is C1=CC=c2c(ccc3c4c(ccc23)C=CNC=4)C=C1. The van der Waals surface area contributed by atoms with Gasteiger partial charge in [0.05, 0.1) is 0 Å². The average molecular weight is 243 g/mol. The topological polar surface area (TPSA) is 12.0 Å². The Balaban J connectivity index is 2.22. The molecule has 0 radical (unpaired) electrons. The van der Waals surface area contributed by atoms with Gasteiger partial charge in [-0.15, -0.1) is 0 Å². The van der Waals surface area contributed by atoms with Crippen molar-refractivity contribution in [2.75, 3.05) is 0 Å². The van der Waals surface area contributed by atoms with Gasteiger partial charge in [-0.25, -0.2) is 0 Å². The van der Waals surface area contributed by atoms with Gasteiger partial charge in [-0.3, -0.25) is 0 Å². The minimum Gasteiger partial charge on any atom is -0.367 e. The molecule has 1 N–H and O–H groups in total. The molecular formula is C18H13N. The molecule has 1 aliphatic carbocycles. The molecule has 2 aromatic rings. The molecule has 0 unspecified atom stereocenters. The minimum absolute atomic E-state index is 1.27. The number of rotatable bonds is 0. The zero-order valence-corrected chi connectivity index (χ0v) is 10.4. The summed E-state index contributed by atoms with van der Waals surface area (Å²) in [5, 5.41) is 8.36. The number of allylic oxidation sites excluding steroid dienone is 3. The van der Waals surface area contributed by atoms with Gasteiger partial charge in [0, 0.05) is 17.6 Å². The van der Waals surface area contributed by atoms with Crippen molar-refractivity contribution in [3.05, 3.63) is 70.3 Å². The highest BCUT2D eigenvalue weighted by molar-refractivity contribution is 5.90. The van der Waals surface area contributed by atoms with E-state index in [-0.39, 0.29) is 0 Å². The van der Waals surface area contributed by atoms with Gasteiger partial charge in [0.1, 0.15) is 0 Å². The summed E-state index contributed by atoms with van der Waals surface area (Å²) >= 11 is 0. The molecule has 0 spiro atoms. The number of nitrogens with one attached hydrogen (secondary N) is 1. The molecule has 90 valence electrons. The molecular weight excluding hydrogens is 230 g/mol. The van der Waals surface area contributed by atoms with Gasteiger partial charge >= 0.3 is 0 Å². The Morgan fingerprint density at radius 3 is 2.37 bits per heavy atom.